The Morgan fingerprint density at radius 2 is 0.636 bits per heavy atom. The lowest BCUT2D eigenvalue weighted by Gasteiger charge is -2.41. The Balaban J connectivity index is 1.41. The molecule has 0 aromatic carbocycles. The molecule has 22 heavy (non-hydrogen) atoms. The highest BCUT2D eigenvalue weighted by Gasteiger charge is 2.33. The molecule has 0 amide bonds. The molecule has 3 aliphatic carbocycles. The summed E-state index contributed by atoms with van der Waals surface area (Å²) in [5.41, 5.74) is 0. The van der Waals surface area contributed by atoms with E-state index in [1.807, 2.05) is 0 Å². The van der Waals surface area contributed by atoms with Gasteiger partial charge in [-0.3, -0.25) is 0 Å². The van der Waals surface area contributed by atoms with Gasteiger partial charge in [-0.15, -0.1) is 13.2 Å². The molecule has 3 fully saturated rings. The highest BCUT2D eigenvalue weighted by molar-refractivity contribution is 4.90. The highest BCUT2D eigenvalue weighted by atomic mass is 14.4. The third-order valence-corrected chi connectivity index (χ3v) is 7.45. The van der Waals surface area contributed by atoms with Gasteiger partial charge in [0, 0.05) is 0 Å². The van der Waals surface area contributed by atoms with Crippen molar-refractivity contribution in [2.24, 2.45) is 35.5 Å². The van der Waals surface area contributed by atoms with Crippen molar-refractivity contribution in [2.45, 2.75) is 77.0 Å². The molecule has 0 unspecified atom stereocenters. The smallest absolute Gasteiger partial charge is 0.0236 e. The second kappa shape index (κ2) is 7.84. The molecule has 0 radical (unpaired) electrons. The van der Waals surface area contributed by atoms with E-state index in [0.717, 1.165) is 35.5 Å². The van der Waals surface area contributed by atoms with Crippen LogP contribution in [0.15, 0.2) is 25.3 Å². The van der Waals surface area contributed by atoms with Crippen LogP contribution in [0.2, 0.25) is 0 Å². The maximum Gasteiger partial charge on any atom is -0.0236 e. The van der Waals surface area contributed by atoms with Crippen LogP contribution < -0.4 is 0 Å². The minimum atomic E-state index is 0.827. The zero-order chi connectivity index (χ0) is 15.4. The van der Waals surface area contributed by atoms with Crippen LogP contribution in [-0.4, -0.2) is 0 Å². The van der Waals surface area contributed by atoms with Crippen molar-refractivity contribution >= 4 is 0 Å². The predicted molar refractivity (Wildman–Crippen MR) is 96.7 cm³/mol. The molecule has 0 aromatic heterocycles. The minimum absolute atomic E-state index is 0.827. The quantitative estimate of drug-likeness (QED) is 0.502. The maximum absolute atomic E-state index is 3.99. The lowest BCUT2D eigenvalue weighted by Crippen LogP contribution is -2.29. The minimum Gasteiger partial charge on any atom is -0.103 e. The largest absolute Gasteiger partial charge is 0.103 e. The summed E-state index contributed by atoms with van der Waals surface area (Å²) in [4.78, 5) is 0. The Labute approximate surface area is 138 Å². The van der Waals surface area contributed by atoms with E-state index in [1.165, 1.54) is 77.0 Å². The first kappa shape index (κ1) is 16.3. The topological polar surface area (TPSA) is 0 Å². The first-order valence-electron chi connectivity index (χ1n) is 10.0. The van der Waals surface area contributed by atoms with Crippen LogP contribution in [-0.2, 0) is 0 Å². The van der Waals surface area contributed by atoms with Gasteiger partial charge >= 0.3 is 0 Å². The van der Waals surface area contributed by atoms with Gasteiger partial charge in [0.2, 0.25) is 0 Å². The van der Waals surface area contributed by atoms with Crippen LogP contribution in [0.5, 0.6) is 0 Å². The Bertz CT molecular complexity index is 308. The molecule has 0 N–H and O–H groups in total. The third kappa shape index (κ3) is 3.87. The van der Waals surface area contributed by atoms with Gasteiger partial charge in [-0.25, -0.2) is 0 Å². The zero-order valence-corrected chi connectivity index (χ0v) is 14.5. The van der Waals surface area contributed by atoms with Crippen molar-refractivity contribution in [1.82, 2.24) is 0 Å². The van der Waals surface area contributed by atoms with Crippen LogP contribution in [0.3, 0.4) is 0 Å². The second-order valence-electron chi connectivity index (χ2n) is 8.50. The molecule has 3 saturated carbocycles. The number of rotatable bonds is 4. The molecule has 0 nitrogen and oxygen atoms in total. The average Bonchev–Trinajstić information content (AvgIpc) is 2.62. The van der Waals surface area contributed by atoms with E-state index < -0.39 is 0 Å². The SMILES string of the molecule is C=C[C@H]1CC[C@H](C2CCC([C@H]3CC[C@H](C=C)CC3)CC2)CC1. The summed E-state index contributed by atoms with van der Waals surface area (Å²) >= 11 is 0. The first-order valence-corrected chi connectivity index (χ1v) is 10.0. The molecular weight excluding hydrogens is 264 g/mol. The van der Waals surface area contributed by atoms with E-state index in [9.17, 15) is 0 Å². The van der Waals surface area contributed by atoms with Gasteiger partial charge in [-0.2, -0.15) is 0 Å². The van der Waals surface area contributed by atoms with E-state index in [2.05, 4.69) is 25.3 Å². The Kier molecular flexibility index (Phi) is 5.83. The molecule has 0 heteroatoms. The van der Waals surface area contributed by atoms with E-state index in [0.29, 0.717) is 0 Å². The predicted octanol–water partition coefficient (Wildman–Crippen LogP) is 6.78. The fraction of sp³-hybridized carbons (Fsp3) is 0.818. The van der Waals surface area contributed by atoms with Crippen molar-refractivity contribution in [2.75, 3.05) is 0 Å². The van der Waals surface area contributed by atoms with Crippen molar-refractivity contribution in [3.05, 3.63) is 25.3 Å². The summed E-state index contributed by atoms with van der Waals surface area (Å²) in [5, 5.41) is 0. The second-order valence-corrected chi connectivity index (χ2v) is 8.50. The van der Waals surface area contributed by atoms with Gasteiger partial charge in [0.1, 0.15) is 0 Å². The maximum atomic E-state index is 3.99. The number of hydrogen-bond acceptors (Lipinski definition) is 0. The normalized spacial score (nSPS) is 43.5. The molecule has 3 rings (SSSR count). The summed E-state index contributed by atoms with van der Waals surface area (Å²) in [7, 11) is 0. The van der Waals surface area contributed by atoms with Gasteiger partial charge in [0.05, 0.1) is 0 Å². The first-order chi connectivity index (χ1) is 10.8. The molecule has 3 aliphatic rings. The zero-order valence-electron chi connectivity index (χ0n) is 14.5. The van der Waals surface area contributed by atoms with Crippen LogP contribution in [0.25, 0.3) is 0 Å². The fourth-order valence-corrected chi connectivity index (χ4v) is 5.79. The van der Waals surface area contributed by atoms with E-state index in [1.54, 1.807) is 0 Å². The Morgan fingerprint density at radius 1 is 0.409 bits per heavy atom. The van der Waals surface area contributed by atoms with Crippen LogP contribution in [0.1, 0.15) is 77.0 Å². The lowest BCUT2D eigenvalue weighted by atomic mass is 9.65. The molecule has 0 aliphatic heterocycles. The number of allylic oxidation sites excluding steroid dienone is 2. The van der Waals surface area contributed by atoms with Gasteiger partial charge in [-0.05, 0) is 113 Å². The molecule has 0 bridgehead atoms. The summed E-state index contributed by atoms with van der Waals surface area (Å²) in [6.45, 7) is 7.98. The Hall–Kier alpha value is -0.520. The van der Waals surface area contributed by atoms with Crippen LogP contribution in [0.4, 0.5) is 0 Å². The van der Waals surface area contributed by atoms with Gasteiger partial charge in [-0.1, -0.05) is 12.2 Å². The Morgan fingerprint density at radius 3 is 0.864 bits per heavy atom. The van der Waals surface area contributed by atoms with Crippen molar-refractivity contribution in [1.29, 1.82) is 0 Å². The monoisotopic (exact) mass is 300 g/mol. The van der Waals surface area contributed by atoms with Crippen LogP contribution >= 0.6 is 0 Å². The molecule has 0 aromatic rings. The standard InChI is InChI=1S/C22H36/c1-3-17-5-9-19(10-6-17)21-13-15-22(16-14-21)20-11-7-18(4-2)8-12-20/h3-4,17-22H,1-2,5-16H2/t17-,18-,19-,20-,21?,22?. The van der Waals surface area contributed by atoms with E-state index >= 15 is 0 Å². The summed E-state index contributed by atoms with van der Waals surface area (Å²) in [6, 6.07) is 0. The highest BCUT2D eigenvalue weighted by Crippen LogP contribution is 2.45. The van der Waals surface area contributed by atoms with Crippen molar-refractivity contribution in [3.63, 3.8) is 0 Å². The number of hydrogen-bond donors (Lipinski definition) is 0. The third-order valence-electron chi connectivity index (χ3n) is 7.45. The van der Waals surface area contributed by atoms with Crippen LogP contribution in [0, 0.1) is 35.5 Å². The molecule has 0 heterocycles. The van der Waals surface area contributed by atoms with E-state index in [-0.39, 0.29) is 0 Å². The molecular formula is C22H36. The van der Waals surface area contributed by atoms with Crippen molar-refractivity contribution < 1.29 is 0 Å². The van der Waals surface area contributed by atoms with E-state index in [4.69, 9.17) is 0 Å². The van der Waals surface area contributed by atoms with Gasteiger partial charge in [0.25, 0.3) is 0 Å². The molecule has 124 valence electrons. The molecule has 0 atom stereocenters. The summed E-state index contributed by atoms with van der Waals surface area (Å²) in [6.07, 6.45) is 22.1. The molecule has 0 spiro atoms. The summed E-state index contributed by atoms with van der Waals surface area (Å²) < 4.78 is 0. The van der Waals surface area contributed by atoms with Gasteiger partial charge < -0.3 is 0 Å². The lowest BCUT2D eigenvalue weighted by molar-refractivity contribution is 0.112. The fourth-order valence-electron chi connectivity index (χ4n) is 5.79. The van der Waals surface area contributed by atoms with Crippen molar-refractivity contribution in [3.8, 4) is 0 Å². The molecule has 0 saturated heterocycles. The van der Waals surface area contributed by atoms with Gasteiger partial charge in [0.15, 0.2) is 0 Å². The summed E-state index contributed by atoms with van der Waals surface area (Å²) in [5.74, 6) is 5.88. The average molecular weight is 301 g/mol.